The molecule has 0 amide bonds. The molecule has 18 heavy (non-hydrogen) atoms. The third-order valence-corrected chi connectivity index (χ3v) is 2.77. The maximum atomic E-state index is 12.0. The van der Waals surface area contributed by atoms with Gasteiger partial charge in [0, 0.05) is 39.1 Å². The zero-order valence-corrected chi connectivity index (χ0v) is 11.8. The van der Waals surface area contributed by atoms with Crippen molar-refractivity contribution >= 4 is 5.82 Å². The van der Waals surface area contributed by atoms with Crippen LogP contribution >= 0.6 is 0 Å². The van der Waals surface area contributed by atoms with Gasteiger partial charge in [0.1, 0.15) is 0 Å². The molecule has 0 aliphatic carbocycles. The first kappa shape index (κ1) is 14.7. The van der Waals surface area contributed by atoms with Crippen LogP contribution in [0.5, 0.6) is 0 Å². The fourth-order valence-corrected chi connectivity index (χ4v) is 1.69. The van der Waals surface area contributed by atoms with Crippen LogP contribution in [0.25, 0.3) is 0 Å². The van der Waals surface area contributed by atoms with Gasteiger partial charge in [-0.1, -0.05) is 13.8 Å². The van der Waals surface area contributed by atoms with Gasteiger partial charge in [-0.15, -0.1) is 0 Å². The number of aryl methyl sites for hydroxylation is 1. The van der Waals surface area contributed by atoms with Crippen LogP contribution in [0.1, 0.15) is 20.8 Å². The minimum atomic E-state index is -0.0219. The maximum absolute atomic E-state index is 12.0. The number of nitrogens with zero attached hydrogens (tertiary/aromatic N) is 3. The second kappa shape index (κ2) is 7.16. The average Bonchev–Trinajstić information content (AvgIpc) is 2.34. The molecule has 0 saturated carbocycles. The molecule has 1 aromatic heterocycles. The summed E-state index contributed by atoms with van der Waals surface area (Å²) in [7, 11) is 1.90. The van der Waals surface area contributed by atoms with E-state index in [1.54, 1.807) is 17.0 Å². The van der Waals surface area contributed by atoms with Crippen LogP contribution in [0.15, 0.2) is 17.2 Å². The molecule has 0 aromatic carbocycles. The summed E-state index contributed by atoms with van der Waals surface area (Å²) < 4.78 is 1.67. The number of nitrogens with one attached hydrogen (secondary N) is 1. The third kappa shape index (κ3) is 4.14. The lowest BCUT2D eigenvalue weighted by Crippen LogP contribution is -2.35. The van der Waals surface area contributed by atoms with E-state index in [1.807, 2.05) is 18.9 Å². The Bertz CT molecular complexity index is 414. The topological polar surface area (TPSA) is 50.2 Å². The Kier molecular flexibility index (Phi) is 5.85. The van der Waals surface area contributed by atoms with Gasteiger partial charge in [0.25, 0.3) is 5.56 Å². The highest BCUT2D eigenvalue weighted by molar-refractivity contribution is 5.34. The van der Waals surface area contributed by atoms with Crippen LogP contribution in [0.2, 0.25) is 0 Å². The highest BCUT2D eigenvalue weighted by Crippen LogP contribution is 1.99. The summed E-state index contributed by atoms with van der Waals surface area (Å²) in [6.07, 6.45) is 3.40. The Labute approximate surface area is 109 Å². The number of anilines is 1. The molecule has 0 aliphatic heterocycles. The van der Waals surface area contributed by atoms with Gasteiger partial charge in [0.05, 0.1) is 0 Å². The summed E-state index contributed by atoms with van der Waals surface area (Å²) in [5.41, 5.74) is -0.0219. The fourth-order valence-electron chi connectivity index (χ4n) is 1.69. The molecule has 0 fully saturated rings. The number of likely N-dealkylation sites (N-methyl/N-ethyl adjacent to an activating group) is 1. The van der Waals surface area contributed by atoms with Crippen molar-refractivity contribution in [2.75, 3.05) is 31.6 Å². The minimum absolute atomic E-state index is 0.0219. The van der Waals surface area contributed by atoms with Crippen molar-refractivity contribution < 1.29 is 0 Å². The van der Waals surface area contributed by atoms with Gasteiger partial charge < -0.3 is 14.8 Å². The summed E-state index contributed by atoms with van der Waals surface area (Å²) in [6.45, 7) is 9.61. The number of hydrogen-bond acceptors (Lipinski definition) is 4. The SMILES string of the molecule is CCn1ccnc(N(C)CCNCC(C)C)c1=O. The number of aromatic nitrogens is 2. The summed E-state index contributed by atoms with van der Waals surface area (Å²) >= 11 is 0. The normalized spacial score (nSPS) is 10.9. The molecule has 5 nitrogen and oxygen atoms in total. The van der Waals surface area contributed by atoms with Gasteiger partial charge in [0.15, 0.2) is 5.82 Å². The number of hydrogen-bond donors (Lipinski definition) is 1. The lowest BCUT2D eigenvalue weighted by atomic mass is 10.2. The first-order valence-electron chi connectivity index (χ1n) is 6.53. The predicted octanol–water partition coefficient (Wildman–Crippen LogP) is 0.945. The van der Waals surface area contributed by atoms with Gasteiger partial charge in [-0.3, -0.25) is 4.79 Å². The zero-order chi connectivity index (χ0) is 13.5. The molecular formula is C13H24N4O. The summed E-state index contributed by atoms with van der Waals surface area (Å²) in [4.78, 5) is 18.1. The monoisotopic (exact) mass is 252 g/mol. The molecule has 1 rings (SSSR count). The van der Waals surface area contributed by atoms with Crippen LogP contribution in [0.3, 0.4) is 0 Å². The fraction of sp³-hybridized carbons (Fsp3) is 0.692. The van der Waals surface area contributed by atoms with Crippen molar-refractivity contribution in [1.82, 2.24) is 14.9 Å². The van der Waals surface area contributed by atoms with E-state index >= 15 is 0 Å². The molecule has 0 radical (unpaired) electrons. The Morgan fingerprint density at radius 3 is 2.83 bits per heavy atom. The zero-order valence-electron chi connectivity index (χ0n) is 11.8. The molecule has 1 N–H and O–H groups in total. The Morgan fingerprint density at radius 2 is 2.22 bits per heavy atom. The third-order valence-electron chi connectivity index (χ3n) is 2.77. The van der Waals surface area contributed by atoms with Gasteiger partial charge >= 0.3 is 0 Å². The Morgan fingerprint density at radius 1 is 1.50 bits per heavy atom. The average molecular weight is 252 g/mol. The van der Waals surface area contributed by atoms with Crippen LogP contribution in [-0.4, -0.2) is 36.2 Å². The van der Waals surface area contributed by atoms with E-state index in [0.717, 1.165) is 19.6 Å². The molecule has 102 valence electrons. The van der Waals surface area contributed by atoms with Crippen LogP contribution in [0.4, 0.5) is 5.82 Å². The highest BCUT2D eigenvalue weighted by Gasteiger charge is 2.08. The molecule has 1 heterocycles. The van der Waals surface area contributed by atoms with Crippen molar-refractivity contribution in [3.8, 4) is 0 Å². The maximum Gasteiger partial charge on any atom is 0.293 e. The Balaban J connectivity index is 2.56. The molecule has 0 aliphatic rings. The second-order valence-electron chi connectivity index (χ2n) is 4.86. The summed E-state index contributed by atoms with van der Waals surface area (Å²) in [5.74, 6) is 1.16. The predicted molar refractivity (Wildman–Crippen MR) is 75.1 cm³/mol. The van der Waals surface area contributed by atoms with Gasteiger partial charge in [-0.25, -0.2) is 4.98 Å². The van der Waals surface area contributed by atoms with E-state index in [0.29, 0.717) is 18.3 Å². The molecule has 0 atom stereocenters. The molecule has 0 spiro atoms. The van der Waals surface area contributed by atoms with E-state index in [1.165, 1.54) is 0 Å². The first-order chi connectivity index (χ1) is 8.56. The molecule has 0 bridgehead atoms. The van der Waals surface area contributed by atoms with Crippen molar-refractivity contribution in [2.45, 2.75) is 27.3 Å². The quantitative estimate of drug-likeness (QED) is 0.734. The molecule has 0 saturated heterocycles. The lowest BCUT2D eigenvalue weighted by Gasteiger charge is -2.18. The summed E-state index contributed by atoms with van der Waals surface area (Å²) in [6, 6.07) is 0. The van der Waals surface area contributed by atoms with Crippen molar-refractivity contribution in [3.05, 3.63) is 22.7 Å². The van der Waals surface area contributed by atoms with E-state index in [-0.39, 0.29) is 5.56 Å². The van der Waals surface area contributed by atoms with Crippen LogP contribution in [-0.2, 0) is 6.54 Å². The highest BCUT2D eigenvalue weighted by atomic mass is 16.1. The minimum Gasteiger partial charge on any atom is -0.354 e. The summed E-state index contributed by atoms with van der Waals surface area (Å²) in [5, 5.41) is 3.36. The Hall–Kier alpha value is -1.36. The van der Waals surface area contributed by atoms with Crippen LogP contribution in [0, 0.1) is 5.92 Å². The largest absolute Gasteiger partial charge is 0.354 e. The molecule has 0 unspecified atom stereocenters. The van der Waals surface area contributed by atoms with Crippen LogP contribution < -0.4 is 15.8 Å². The van der Waals surface area contributed by atoms with Crippen molar-refractivity contribution in [3.63, 3.8) is 0 Å². The van der Waals surface area contributed by atoms with Gasteiger partial charge in [-0.2, -0.15) is 0 Å². The van der Waals surface area contributed by atoms with Crippen molar-refractivity contribution in [1.29, 1.82) is 0 Å². The molecular weight excluding hydrogens is 228 g/mol. The van der Waals surface area contributed by atoms with E-state index in [9.17, 15) is 4.79 Å². The smallest absolute Gasteiger partial charge is 0.293 e. The van der Waals surface area contributed by atoms with E-state index in [2.05, 4.69) is 24.1 Å². The first-order valence-corrected chi connectivity index (χ1v) is 6.53. The number of rotatable bonds is 7. The van der Waals surface area contributed by atoms with Crippen molar-refractivity contribution in [2.24, 2.45) is 5.92 Å². The standard InChI is InChI=1S/C13H24N4O/c1-5-17-9-7-15-12(13(17)18)16(4)8-6-14-10-11(2)3/h7,9,11,14H,5-6,8,10H2,1-4H3. The molecule has 5 heteroatoms. The lowest BCUT2D eigenvalue weighted by molar-refractivity contribution is 0.553. The van der Waals surface area contributed by atoms with Gasteiger partial charge in [0.2, 0.25) is 0 Å². The second-order valence-corrected chi connectivity index (χ2v) is 4.86. The van der Waals surface area contributed by atoms with E-state index < -0.39 is 0 Å². The molecule has 1 aromatic rings. The van der Waals surface area contributed by atoms with Gasteiger partial charge in [-0.05, 0) is 19.4 Å². The van der Waals surface area contributed by atoms with E-state index in [4.69, 9.17) is 0 Å².